The van der Waals surface area contributed by atoms with Crippen LogP contribution in [0.5, 0.6) is 0 Å². The molecule has 0 spiro atoms. The Bertz CT molecular complexity index is 5270. The lowest BCUT2D eigenvalue weighted by Gasteiger charge is -2.44. The second-order valence-electron chi connectivity index (χ2n) is 25.7. The molecule has 14 rings (SSSR count). The zero-order chi connectivity index (χ0) is 87.6. The van der Waals surface area contributed by atoms with Gasteiger partial charge in [0, 0.05) is 132 Å². The van der Waals surface area contributed by atoms with Gasteiger partial charge in [-0.25, -0.2) is 140 Å². The fourth-order valence-electron chi connectivity index (χ4n) is 14.2. The van der Waals surface area contributed by atoms with Crippen molar-refractivity contribution < 1.29 is 140 Å². The summed E-state index contributed by atoms with van der Waals surface area (Å²) in [4.78, 5) is 0. The Morgan fingerprint density at radius 3 is 0.458 bits per heavy atom. The normalized spacial score (nSPS) is 12.3. The predicted molar refractivity (Wildman–Crippen MR) is 382 cm³/mol. The van der Waals surface area contributed by atoms with Crippen molar-refractivity contribution in [1.29, 1.82) is 0 Å². The molecule has 0 N–H and O–H groups in total. The highest BCUT2D eigenvalue weighted by Gasteiger charge is 2.52. The summed E-state index contributed by atoms with van der Waals surface area (Å²) >= 11 is 0. The van der Waals surface area contributed by atoms with E-state index in [0.29, 0.717) is 0 Å². The van der Waals surface area contributed by atoms with E-state index in [9.17, 15) is 70.2 Å². The van der Waals surface area contributed by atoms with Crippen LogP contribution in [0.15, 0.2) is 230 Å². The summed E-state index contributed by atoms with van der Waals surface area (Å²) < 4.78 is 471. The lowest BCUT2D eigenvalue weighted by atomic mass is 9.12. The van der Waals surface area contributed by atoms with Crippen LogP contribution in [0.4, 0.5) is 140 Å². The molecule has 12 aromatic rings. The summed E-state index contributed by atoms with van der Waals surface area (Å²) in [6.45, 7) is 0. The van der Waals surface area contributed by atoms with E-state index >= 15 is 70.2 Å². The van der Waals surface area contributed by atoms with E-state index in [1.54, 1.807) is 0 Å². The fraction of sp³-hybridized carbons (Fsp3) is 0. The zero-order valence-corrected chi connectivity index (χ0v) is 59.2. The predicted octanol–water partition coefficient (Wildman–Crippen LogP) is 20.2. The van der Waals surface area contributed by atoms with E-state index < -0.39 is 291 Å². The summed E-state index contributed by atoms with van der Waals surface area (Å²) in [5.41, 5.74) is -11.8. The quantitative estimate of drug-likeness (QED) is 0.0376. The maximum Gasteiger partial charge on any atom is 0.191 e. The highest BCUT2D eigenvalue weighted by atomic mass is 19.2. The van der Waals surface area contributed by atoms with Crippen molar-refractivity contribution in [3.05, 3.63) is 451 Å². The van der Waals surface area contributed by atoms with Crippen molar-refractivity contribution in [3.8, 4) is 0 Å². The van der Waals surface area contributed by atoms with Gasteiger partial charge in [0.1, 0.15) is 70.0 Å². The van der Waals surface area contributed by atoms with Crippen LogP contribution in [0.2, 0.25) is 0 Å². The van der Waals surface area contributed by atoms with Crippen molar-refractivity contribution in [1.82, 2.24) is 0 Å². The first-order valence-electron chi connectivity index (χ1n) is 33.9. The van der Waals surface area contributed by atoms with Gasteiger partial charge in [-0.15, -0.1) is 43.7 Å². The van der Waals surface area contributed by atoms with Gasteiger partial charge >= 0.3 is 0 Å². The Morgan fingerprint density at radius 2 is 0.325 bits per heavy atom. The second-order valence-corrected chi connectivity index (χ2v) is 25.7. The minimum absolute atomic E-state index is 0.731. The molecule has 0 fully saturated rings. The summed E-state index contributed by atoms with van der Waals surface area (Å²) in [5.74, 6) is -90.1. The molecule has 2 aliphatic carbocycles. The Kier molecular flexibility index (Phi) is 25.9. The third-order valence-electron chi connectivity index (χ3n) is 19.0. The molecule has 0 nitrogen and oxygen atoms in total. The first-order valence-corrected chi connectivity index (χ1v) is 33.9. The molecular formula is C86H38B2F32. The van der Waals surface area contributed by atoms with E-state index in [1.165, 1.54) is 44.5 Å². The van der Waals surface area contributed by atoms with Crippen LogP contribution in [0, 0.1) is 199 Å². The minimum Gasteiger partial charge on any atom is -0.210 e. The van der Waals surface area contributed by atoms with E-state index in [0.717, 1.165) is 0 Å². The standard InChI is InChI=1S/2C24H4BF16.2C19H15/c2*26-5-1-9(30)17(34)21(38)13(5)25(14-6(27)2-10(31)18(35)22(14)39,15-7(28)3-11(32)19(36)23(15)40)16-8(29)4-12(33)20(37)24(16)41;2*1-4-10-16(11-5-1)19(17-12-6-2-7-13-17)18-14-8-3-9-15-18/h2*1-4H;2*1-15H/q2*-1;2*+1. The Hall–Kier alpha value is -13.3. The van der Waals surface area contributed by atoms with Gasteiger partial charge in [-0.3, -0.25) is 0 Å². The van der Waals surface area contributed by atoms with Crippen molar-refractivity contribution in [3.63, 3.8) is 0 Å². The molecule has 0 atom stereocenters. The largest absolute Gasteiger partial charge is 0.210 e. The molecule has 0 unspecified atom stereocenters. The summed E-state index contributed by atoms with van der Waals surface area (Å²) in [6, 6.07) is 36.3. The lowest BCUT2D eigenvalue weighted by molar-refractivity contribution is 0.433. The number of hydrogen-bond acceptors (Lipinski definition) is 0. The van der Waals surface area contributed by atoms with Crippen LogP contribution in [0.1, 0.15) is 22.3 Å². The van der Waals surface area contributed by atoms with E-state index in [1.807, 2.05) is 0 Å². The molecule has 0 saturated carbocycles. The summed E-state index contributed by atoms with van der Waals surface area (Å²) in [6.07, 6.45) is 8.73. The SMILES string of the molecule is C1=C[CH+]C(=C(c2ccccc2)c2ccccc2)C=C1.C1=C[CH+]C(=C(c2ccccc2)c2ccccc2)C=C1.Fc1cc(F)c([B-](c2c(F)cc(F)c(F)c2F)(c2c(F)cc(F)c(F)c2F)c2c(F)cc(F)c(F)c2F)c(F)c1F.Fc1cc(F)c([B-](c2c(F)cc(F)c(F)c2F)(c2c(F)cc(F)c(F)c2F)c2c(F)cc(F)c(F)c2F)c(F)c1F. The number of rotatable bonds is 12. The number of allylic oxidation sites excluding steroid dienone is 10. The molecule has 120 heavy (non-hydrogen) atoms. The molecule has 0 heterocycles. The Balaban J connectivity index is 0.000000166. The average Bonchev–Trinajstić information content (AvgIpc) is 0.692. The average molecular weight is 1700 g/mol. The minimum atomic E-state index is -6.18. The highest BCUT2D eigenvalue weighted by Crippen LogP contribution is 2.35. The zero-order valence-electron chi connectivity index (χ0n) is 59.2. The van der Waals surface area contributed by atoms with Gasteiger partial charge in [0.2, 0.25) is 0 Å². The van der Waals surface area contributed by atoms with Gasteiger partial charge in [0.05, 0.1) is 57.7 Å². The fourth-order valence-corrected chi connectivity index (χ4v) is 14.2. The van der Waals surface area contributed by atoms with Crippen molar-refractivity contribution >= 4 is 67.1 Å². The van der Waals surface area contributed by atoms with Gasteiger partial charge in [0.25, 0.3) is 0 Å². The molecule has 0 saturated heterocycles. The monoisotopic (exact) mass is 1700 g/mol. The van der Waals surface area contributed by atoms with E-state index in [-0.39, 0.29) is 0 Å². The number of benzene rings is 12. The molecule has 12 aromatic carbocycles. The molecule has 0 amide bonds. The maximum atomic E-state index is 15.3. The molecule has 34 heteroatoms. The first-order chi connectivity index (χ1) is 56.9. The van der Waals surface area contributed by atoms with Gasteiger partial charge < -0.3 is 0 Å². The maximum absolute atomic E-state index is 15.3. The van der Waals surface area contributed by atoms with E-state index in [2.05, 4.69) is 183 Å². The lowest BCUT2D eigenvalue weighted by Crippen LogP contribution is -2.80. The summed E-state index contributed by atoms with van der Waals surface area (Å²) in [7, 11) is 0. The highest BCUT2D eigenvalue weighted by molar-refractivity contribution is 7.21. The van der Waals surface area contributed by atoms with Gasteiger partial charge in [0.15, 0.2) is 93.1 Å². The van der Waals surface area contributed by atoms with Crippen molar-refractivity contribution in [2.75, 3.05) is 0 Å². The Labute approximate surface area is 656 Å². The summed E-state index contributed by atoms with van der Waals surface area (Å²) in [5, 5.41) is 0. The third-order valence-corrected chi connectivity index (χ3v) is 19.0. The molecule has 612 valence electrons. The van der Waals surface area contributed by atoms with Crippen LogP contribution < -0.4 is 43.7 Å². The van der Waals surface area contributed by atoms with Crippen molar-refractivity contribution in [2.45, 2.75) is 0 Å². The molecule has 0 bridgehead atoms. The van der Waals surface area contributed by atoms with Crippen LogP contribution in [0.3, 0.4) is 0 Å². The molecule has 0 aliphatic heterocycles. The number of hydrogen-bond donors (Lipinski definition) is 0. The number of halogens is 32. The second kappa shape index (κ2) is 35.5. The van der Waals surface area contributed by atoms with Crippen LogP contribution >= 0.6 is 0 Å². The smallest absolute Gasteiger partial charge is 0.191 e. The van der Waals surface area contributed by atoms with Crippen LogP contribution in [-0.2, 0) is 0 Å². The van der Waals surface area contributed by atoms with Crippen LogP contribution in [-0.4, -0.2) is 12.3 Å². The molecule has 0 radical (unpaired) electrons. The third kappa shape index (κ3) is 15.8. The molecular weight excluding hydrogens is 1660 g/mol. The first kappa shape index (κ1) is 87.5. The van der Waals surface area contributed by atoms with Gasteiger partial charge in [-0.05, 0) is 48.5 Å². The van der Waals surface area contributed by atoms with E-state index in [4.69, 9.17) is 0 Å². The van der Waals surface area contributed by atoms with Crippen molar-refractivity contribution in [2.24, 2.45) is 0 Å². The van der Waals surface area contributed by atoms with Crippen LogP contribution in [0.25, 0.3) is 11.1 Å². The molecule has 0 aromatic heterocycles. The topological polar surface area (TPSA) is 0 Å². The van der Waals surface area contributed by atoms with Gasteiger partial charge in [-0.2, -0.15) is 0 Å². The molecule has 2 aliphatic rings. The Morgan fingerprint density at radius 1 is 0.175 bits per heavy atom. The van der Waals surface area contributed by atoms with Gasteiger partial charge in [-0.1, -0.05) is 72.8 Å².